The van der Waals surface area contributed by atoms with Crippen LogP contribution in [0.4, 0.5) is 0 Å². The van der Waals surface area contributed by atoms with Crippen molar-refractivity contribution >= 4 is 5.91 Å². The quantitative estimate of drug-likeness (QED) is 0.759. The number of unbranched alkanes of at least 4 members (excludes halogenated alkanes) is 3. The molecule has 0 aliphatic heterocycles. The molecule has 0 fully saturated rings. The topological polar surface area (TPSA) is 79.5 Å². The fourth-order valence-corrected chi connectivity index (χ4v) is 1.65. The van der Waals surface area contributed by atoms with Gasteiger partial charge in [0.2, 0.25) is 0 Å². The van der Waals surface area contributed by atoms with Gasteiger partial charge in [-0.3, -0.25) is 4.79 Å². The third-order valence-corrected chi connectivity index (χ3v) is 2.60. The van der Waals surface area contributed by atoms with Crippen LogP contribution in [0.3, 0.4) is 0 Å². The van der Waals surface area contributed by atoms with Crippen LogP contribution in [0.2, 0.25) is 0 Å². The predicted molar refractivity (Wildman–Crippen MR) is 67.9 cm³/mol. The molecule has 1 aromatic rings. The van der Waals surface area contributed by atoms with Crippen LogP contribution in [-0.4, -0.2) is 17.6 Å². The highest BCUT2D eigenvalue weighted by atomic mass is 16.4. The molecule has 0 aromatic carbocycles. The van der Waals surface area contributed by atoms with Gasteiger partial charge in [-0.1, -0.05) is 26.2 Å². The number of rotatable bonds is 6. The third-order valence-electron chi connectivity index (χ3n) is 2.60. The minimum Gasteiger partial charge on any atom is -0.507 e. The molecule has 5 heteroatoms. The highest BCUT2D eigenvalue weighted by Gasteiger charge is 2.17. The molecule has 0 saturated carbocycles. The summed E-state index contributed by atoms with van der Waals surface area (Å²) in [4.78, 5) is 23.1. The van der Waals surface area contributed by atoms with Crippen molar-refractivity contribution in [2.75, 3.05) is 6.54 Å². The number of carbonyl (C=O) groups is 1. The lowest BCUT2D eigenvalue weighted by atomic mass is 10.2. The van der Waals surface area contributed by atoms with Crippen molar-refractivity contribution in [3.8, 4) is 5.75 Å². The van der Waals surface area contributed by atoms with Gasteiger partial charge in [0, 0.05) is 12.6 Å². The Hall–Kier alpha value is -1.78. The smallest absolute Gasteiger partial charge is 0.352 e. The zero-order valence-corrected chi connectivity index (χ0v) is 10.8. The van der Waals surface area contributed by atoms with Gasteiger partial charge < -0.3 is 14.8 Å². The Kier molecular flexibility index (Phi) is 5.42. The first-order chi connectivity index (χ1) is 8.56. The van der Waals surface area contributed by atoms with Gasteiger partial charge >= 0.3 is 5.63 Å². The number of nitrogens with one attached hydrogen (secondary N) is 1. The maximum Gasteiger partial charge on any atom is 0.352 e. The van der Waals surface area contributed by atoms with Crippen molar-refractivity contribution in [1.82, 2.24) is 5.32 Å². The number of aromatic hydroxyl groups is 1. The van der Waals surface area contributed by atoms with Crippen LogP contribution in [0.5, 0.6) is 5.75 Å². The van der Waals surface area contributed by atoms with Gasteiger partial charge in [0.05, 0.1) is 0 Å². The van der Waals surface area contributed by atoms with Gasteiger partial charge in [-0.05, 0) is 13.3 Å². The summed E-state index contributed by atoms with van der Waals surface area (Å²) in [5.41, 5.74) is -1.13. The van der Waals surface area contributed by atoms with Crippen LogP contribution in [0.1, 0.15) is 48.7 Å². The fraction of sp³-hybridized carbons (Fsp3) is 0.538. The molecule has 100 valence electrons. The molecule has 0 saturated heterocycles. The van der Waals surface area contributed by atoms with E-state index in [-0.39, 0.29) is 17.1 Å². The second-order valence-corrected chi connectivity index (χ2v) is 4.22. The molecule has 1 heterocycles. The Morgan fingerprint density at radius 3 is 2.72 bits per heavy atom. The average molecular weight is 253 g/mol. The molecule has 0 atom stereocenters. The third kappa shape index (κ3) is 3.91. The van der Waals surface area contributed by atoms with Crippen LogP contribution < -0.4 is 10.9 Å². The number of amides is 1. The Labute approximate surface area is 106 Å². The zero-order valence-electron chi connectivity index (χ0n) is 10.8. The van der Waals surface area contributed by atoms with E-state index >= 15 is 0 Å². The summed E-state index contributed by atoms with van der Waals surface area (Å²) >= 11 is 0. The summed E-state index contributed by atoms with van der Waals surface area (Å²) in [6.45, 7) is 4.13. The maximum absolute atomic E-state index is 11.7. The van der Waals surface area contributed by atoms with Gasteiger partial charge in [-0.2, -0.15) is 0 Å². The summed E-state index contributed by atoms with van der Waals surface area (Å²) in [6, 6.07) is 1.26. The lowest BCUT2D eigenvalue weighted by Gasteiger charge is -2.05. The number of hydrogen-bond acceptors (Lipinski definition) is 4. The molecular formula is C13H19NO4. The van der Waals surface area contributed by atoms with Gasteiger partial charge in [-0.25, -0.2) is 4.79 Å². The summed E-state index contributed by atoms with van der Waals surface area (Å²) < 4.78 is 4.78. The molecule has 2 N–H and O–H groups in total. The number of carbonyl (C=O) groups excluding carboxylic acids is 1. The van der Waals surface area contributed by atoms with Crippen molar-refractivity contribution in [3.63, 3.8) is 0 Å². The van der Waals surface area contributed by atoms with E-state index in [1.165, 1.54) is 13.0 Å². The van der Waals surface area contributed by atoms with Crippen molar-refractivity contribution in [2.45, 2.75) is 39.5 Å². The van der Waals surface area contributed by atoms with Crippen LogP contribution in [0.25, 0.3) is 0 Å². The van der Waals surface area contributed by atoms with Gasteiger partial charge in [-0.15, -0.1) is 0 Å². The molecule has 1 amide bonds. The SMILES string of the molecule is CCCCCCNC(=O)c1c(O)cc(C)oc1=O. The second-order valence-electron chi connectivity index (χ2n) is 4.22. The highest BCUT2D eigenvalue weighted by Crippen LogP contribution is 2.14. The van der Waals surface area contributed by atoms with Crippen molar-refractivity contribution < 1.29 is 14.3 Å². The monoisotopic (exact) mass is 253 g/mol. The zero-order chi connectivity index (χ0) is 13.5. The minimum atomic E-state index is -0.807. The van der Waals surface area contributed by atoms with Crippen molar-refractivity contribution in [2.24, 2.45) is 0 Å². The van der Waals surface area contributed by atoms with Crippen LogP contribution in [0, 0.1) is 6.92 Å². The lowest BCUT2D eigenvalue weighted by molar-refractivity contribution is 0.0945. The van der Waals surface area contributed by atoms with E-state index in [1.807, 2.05) is 0 Å². The van der Waals surface area contributed by atoms with E-state index in [0.29, 0.717) is 6.54 Å². The molecular weight excluding hydrogens is 234 g/mol. The summed E-state index contributed by atoms with van der Waals surface area (Å²) in [5, 5.41) is 12.2. The summed E-state index contributed by atoms with van der Waals surface area (Å²) in [5.74, 6) is -0.649. The molecule has 0 aliphatic carbocycles. The fourth-order valence-electron chi connectivity index (χ4n) is 1.65. The molecule has 18 heavy (non-hydrogen) atoms. The lowest BCUT2D eigenvalue weighted by Crippen LogP contribution is -2.29. The first-order valence-corrected chi connectivity index (χ1v) is 6.18. The maximum atomic E-state index is 11.7. The van der Waals surface area contributed by atoms with Crippen molar-refractivity contribution in [3.05, 3.63) is 27.8 Å². The van der Waals surface area contributed by atoms with Gasteiger partial charge in [0.1, 0.15) is 11.5 Å². The van der Waals surface area contributed by atoms with Gasteiger partial charge in [0.15, 0.2) is 5.56 Å². The standard InChI is InChI=1S/C13H19NO4/c1-3-4-5-6-7-14-12(16)11-10(15)8-9(2)18-13(11)17/h8,15H,3-7H2,1-2H3,(H,14,16). The van der Waals surface area contributed by atoms with E-state index in [2.05, 4.69) is 12.2 Å². The molecule has 0 unspecified atom stereocenters. The second kappa shape index (κ2) is 6.83. The van der Waals surface area contributed by atoms with E-state index in [9.17, 15) is 14.7 Å². The molecule has 0 aliphatic rings. The number of hydrogen-bond donors (Lipinski definition) is 2. The predicted octanol–water partition coefficient (Wildman–Crippen LogP) is 1.96. The summed E-state index contributed by atoms with van der Waals surface area (Å²) in [6.07, 6.45) is 4.13. The first kappa shape index (κ1) is 14.3. The van der Waals surface area contributed by atoms with Gasteiger partial charge in [0.25, 0.3) is 5.91 Å². The molecule has 1 aromatic heterocycles. The summed E-state index contributed by atoms with van der Waals surface area (Å²) in [7, 11) is 0. The molecule has 0 radical (unpaired) electrons. The van der Waals surface area contributed by atoms with E-state index in [1.54, 1.807) is 0 Å². The Balaban J connectivity index is 2.60. The Morgan fingerprint density at radius 2 is 2.11 bits per heavy atom. The van der Waals surface area contributed by atoms with E-state index < -0.39 is 11.5 Å². The first-order valence-electron chi connectivity index (χ1n) is 6.18. The molecule has 0 spiro atoms. The normalized spacial score (nSPS) is 10.3. The largest absolute Gasteiger partial charge is 0.507 e. The van der Waals surface area contributed by atoms with Crippen LogP contribution in [0.15, 0.2) is 15.3 Å². The Morgan fingerprint density at radius 1 is 1.39 bits per heavy atom. The molecule has 1 rings (SSSR count). The minimum absolute atomic E-state index is 0.275. The Bertz CT molecular complexity index is 465. The van der Waals surface area contributed by atoms with E-state index in [0.717, 1.165) is 25.7 Å². The van der Waals surface area contributed by atoms with Crippen LogP contribution in [-0.2, 0) is 0 Å². The van der Waals surface area contributed by atoms with Crippen LogP contribution >= 0.6 is 0 Å². The molecule has 5 nitrogen and oxygen atoms in total. The molecule has 0 bridgehead atoms. The average Bonchev–Trinajstić information content (AvgIpc) is 2.27. The van der Waals surface area contributed by atoms with Crippen molar-refractivity contribution in [1.29, 1.82) is 0 Å². The number of aryl methyl sites for hydroxylation is 1. The van der Waals surface area contributed by atoms with E-state index in [4.69, 9.17) is 4.42 Å². The highest BCUT2D eigenvalue weighted by molar-refractivity contribution is 5.96.